The Morgan fingerprint density at radius 3 is 3.05 bits per heavy atom. The van der Waals surface area contributed by atoms with E-state index in [-0.39, 0.29) is 11.5 Å². The molecule has 1 aromatic rings. The van der Waals surface area contributed by atoms with Crippen LogP contribution in [0.1, 0.15) is 31.2 Å². The number of fused-ring (bicyclic) bond motifs is 1. The van der Waals surface area contributed by atoms with Gasteiger partial charge in [-0.05, 0) is 18.9 Å². The highest BCUT2D eigenvalue weighted by atomic mass is 19.1. The second kappa shape index (κ2) is 5.47. The predicted molar refractivity (Wildman–Crippen MR) is 73.2 cm³/mol. The molecule has 1 aliphatic heterocycles. The van der Waals surface area contributed by atoms with E-state index >= 15 is 0 Å². The van der Waals surface area contributed by atoms with Crippen molar-refractivity contribution < 1.29 is 9.13 Å². The molecule has 0 aromatic heterocycles. The van der Waals surface area contributed by atoms with Crippen LogP contribution in [0.25, 0.3) is 0 Å². The third-order valence-electron chi connectivity index (χ3n) is 4.33. The van der Waals surface area contributed by atoms with Crippen LogP contribution in [0.2, 0.25) is 0 Å². The molecule has 1 saturated heterocycles. The SMILES string of the molecule is Nc1cccc(CN2CCOC3CCCCC32)c1F. The largest absolute Gasteiger partial charge is 0.396 e. The van der Waals surface area contributed by atoms with E-state index < -0.39 is 0 Å². The average Bonchev–Trinajstić information content (AvgIpc) is 2.44. The first-order valence-electron chi connectivity index (χ1n) is 7.14. The zero-order chi connectivity index (χ0) is 13.2. The van der Waals surface area contributed by atoms with Crippen LogP contribution in [-0.2, 0) is 11.3 Å². The molecular weight excluding hydrogens is 243 g/mol. The van der Waals surface area contributed by atoms with Gasteiger partial charge < -0.3 is 10.5 Å². The van der Waals surface area contributed by atoms with E-state index in [1.54, 1.807) is 6.07 Å². The second-order valence-corrected chi connectivity index (χ2v) is 5.55. The maximum Gasteiger partial charge on any atom is 0.150 e. The zero-order valence-electron chi connectivity index (χ0n) is 11.1. The fourth-order valence-electron chi connectivity index (χ4n) is 3.31. The zero-order valence-corrected chi connectivity index (χ0v) is 11.1. The summed E-state index contributed by atoms with van der Waals surface area (Å²) in [6, 6.07) is 5.72. The third-order valence-corrected chi connectivity index (χ3v) is 4.33. The van der Waals surface area contributed by atoms with E-state index in [2.05, 4.69) is 4.90 Å². The third kappa shape index (κ3) is 2.60. The van der Waals surface area contributed by atoms with E-state index in [9.17, 15) is 4.39 Å². The van der Waals surface area contributed by atoms with Gasteiger partial charge in [0.1, 0.15) is 0 Å². The van der Waals surface area contributed by atoms with Crippen molar-refractivity contribution in [3.05, 3.63) is 29.6 Å². The van der Waals surface area contributed by atoms with Gasteiger partial charge in [-0.15, -0.1) is 0 Å². The maximum absolute atomic E-state index is 14.0. The number of ether oxygens (including phenoxy) is 1. The van der Waals surface area contributed by atoms with Gasteiger partial charge in [-0.3, -0.25) is 4.90 Å². The van der Waals surface area contributed by atoms with Gasteiger partial charge in [-0.25, -0.2) is 4.39 Å². The van der Waals surface area contributed by atoms with Crippen molar-refractivity contribution in [1.82, 2.24) is 4.90 Å². The highest BCUT2D eigenvalue weighted by molar-refractivity contribution is 5.42. The van der Waals surface area contributed by atoms with Crippen molar-refractivity contribution in [2.45, 2.75) is 44.4 Å². The molecule has 3 nitrogen and oxygen atoms in total. The molecule has 1 heterocycles. The van der Waals surface area contributed by atoms with Crippen molar-refractivity contribution in [1.29, 1.82) is 0 Å². The minimum absolute atomic E-state index is 0.242. The number of halogens is 1. The molecule has 2 N–H and O–H groups in total. The fourth-order valence-corrected chi connectivity index (χ4v) is 3.31. The van der Waals surface area contributed by atoms with E-state index in [0.717, 1.165) is 26.0 Å². The number of anilines is 1. The second-order valence-electron chi connectivity index (χ2n) is 5.55. The highest BCUT2D eigenvalue weighted by Gasteiger charge is 2.34. The standard InChI is InChI=1S/C15H21FN2O/c16-15-11(4-3-5-12(15)17)10-18-8-9-19-14-7-2-1-6-13(14)18/h3-5,13-14H,1-2,6-10,17H2. The van der Waals surface area contributed by atoms with Crippen LogP contribution in [0.5, 0.6) is 0 Å². The molecule has 0 bridgehead atoms. The van der Waals surface area contributed by atoms with Crippen LogP contribution in [0.3, 0.4) is 0 Å². The molecule has 19 heavy (non-hydrogen) atoms. The quantitative estimate of drug-likeness (QED) is 0.834. The number of nitrogens with zero attached hydrogens (tertiary/aromatic N) is 1. The van der Waals surface area contributed by atoms with Gasteiger partial charge in [0.25, 0.3) is 0 Å². The Bertz CT molecular complexity index is 450. The van der Waals surface area contributed by atoms with Crippen LogP contribution in [0.15, 0.2) is 18.2 Å². The lowest BCUT2D eigenvalue weighted by atomic mass is 9.90. The van der Waals surface area contributed by atoms with Crippen LogP contribution < -0.4 is 5.73 Å². The van der Waals surface area contributed by atoms with Crippen LogP contribution in [0, 0.1) is 5.82 Å². The Kier molecular flexibility index (Phi) is 3.71. The molecule has 104 valence electrons. The smallest absolute Gasteiger partial charge is 0.150 e. The molecule has 2 fully saturated rings. The Morgan fingerprint density at radius 1 is 1.32 bits per heavy atom. The van der Waals surface area contributed by atoms with E-state index in [4.69, 9.17) is 10.5 Å². The van der Waals surface area contributed by atoms with Crippen LogP contribution in [-0.4, -0.2) is 30.2 Å². The Balaban J connectivity index is 1.76. The number of nitrogens with two attached hydrogens (primary N) is 1. The lowest BCUT2D eigenvalue weighted by Crippen LogP contribution is -2.52. The lowest BCUT2D eigenvalue weighted by Gasteiger charge is -2.43. The molecule has 1 aromatic carbocycles. The Hall–Kier alpha value is -1.13. The van der Waals surface area contributed by atoms with Crippen LogP contribution in [0.4, 0.5) is 10.1 Å². The molecule has 0 amide bonds. The molecule has 0 radical (unpaired) electrons. The van der Waals surface area contributed by atoms with Crippen molar-refractivity contribution in [2.24, 2.45) is 0 Å². The summed E-state index contributed by atoms with van der Waals surface area (Å²) >= 11 is 0. The first-order chi connectivity index (χ1) is 9.25. The van der Waals surface area contributed by atoms with Crippen molar-refractivity contribution in [2.75, 3.05) is 18.9 Å². The number of rotatable bonds is 2. The molecule has 3 rings (SSSR count). The first-order valence-corrected chi connectivity index (χ1v) is 7.14. The average molecular weight is 264 g/mol. The van der Waals surface area contributed by atoms with Crippen molar-refractivity contribution in [3.63, 3.8) is 0 Å². The summed E-state index contributed by atoms with van der Waals surface area (Å²) in [4.78, 5) is 2.37. The summed E-state index contributed by atoms with van der Waals surface area (Å²) in [5, 5.41) is 0. The van der Waals surface area contributed by atoms with Gasteiger partial charge >= 0.3 is 0 Å². The predicted octanol–water partition coefficient (Wildman–Crippen LogP) is 2.55. The summed E-state index contributed by atoms with van der Waals surface area (Å²) in [5.74, 6) is -0.263. The summed E-state index contributed by atoms with van der Waals surface area (Å²) < 4.78 is 19.8. The van der Waals surface area contributed by atoms with Crippen molar-refractivity contribution in [3.8, 4) is 0 Å². The summed E-state index contributed by atoms with van der Waals surface area (Å²) in [7, 11) is 0. The monoisotopic (exact) mass is 264 g/mol. The Labute approximate surface area is 113 Å². The topological polar surface area (TPSA) is 38.5 Å². The minimum Gasteiger partial charge on any atom is -0.396 e. The molecular formula is C15H21FN2O. The number of hydrogen-bond acceptors (Lipinski definition) is 3. The number of hydrogen-bond donors (Lipinski definition) is 1. The minimum atomic E-state index is -0.263. The summed E-state index contributed by atoms with van der Waals surface area (Å²) in [5.41, 5.74) is 6.58. The first kappa shape index (κ1) is 12.9. The molecule has 4 heteroatoms. The summed E-state index contributed by atoms with van der Waals surface area (Å²) in [6.07, 6.45) is 5.14. The Morgan fingerprint density at radius 2 is 2.16 bits per heavy atom. The highest BCUT2D eigenvalue weighted by Crippen LogP contribution is 2.30. The lowest BCUT2D eigenvalue weighted by molar-refractivity contribution is -0.0913. The van der Waals surface area contributed by atoms with Gasteiger partial charge in [-0.2, -0.15) is 0 Å². The molecule has 2 atom stereocenters. The van der Waals surface area contributed by atoms with E-state index in [0.29, 0.717) is 24.3 Å². The van der Waals surface area contributed by atoms with Crippen molar-refractivity contribution >= 4 is 5.69 Å². The van der Waals surface area contributed by atoms with Gasteiger partial charge in [0.05, 0.1) is 18.4 Å². The number of nitrogen functional groups attached to an aromatic ring is 1. The van der Waals surface area contributed by atoms with Gasteiger partial charge in [0.15, 0.2) is 5.82 Å². The molecule has 2 aliphatic rings. The van der Waals surface area contributed by atoms with Gasteiger partial charge in [0.2, 0.25) is 0 Å². The van der Waals surface area contributed by atoms with E-state index in [1.807, 2.05) is 12.1 Å². The number of morpholine rings is 1. The fraction of sp³-hybridized carbons (Fsp3) is 0.600. The molecule has 1 aliphatic carbocycles. The van der Waals surface area contributed by atoms with Gasteiger partial charge in [0, 0.05) is 24.7 Å². The molecule has 0 spiro atoms. The normalized spacial score (nSPS) is 28.1. The maximum atomic E-state index is 14.0. The molecule has 1 saturated carbocycles. The summed E-state index contributed by atoms with van der Waals surface area (Å²) in [6.45, 7) is 2.28. The van der Waals surface area contributed by atoms with E-state index in [1.165, 1.54) is 12.8 Å². The molecule has 2 unspecified atom stereocenters. The number of benzene rings is 1. The van der Waals surface area contributed by atoms with Gasteiger partial charge in [-0.1, -0.05) is 25.0 Å². The van der Waals surface area contributed by atoms with Crippen LogP contribution >= 0.6 is 0 Å².